The van der Waals surface area contributed by atoms with Crippen LogP contribution in [0.2, 0.25) is 0 Å². The standard InChI is InChI=1S/C11H15N3O4S/c12-8-10-2-3-11(9-13-10)19(16,17)14-4-1-6-18-7-5-15/h2-3,9,14-15H,1,4-7H2. The Labute approximate surface area is 111 Å². The molecule has 1 aromatic rings. The van der Waals surface area contributed by atoms with Gasteiger partial charge in [0.25, 0.3) is 0 Å². The molecule has 1 rings (SSSR count). The quantitative estimate of drug-likeness (QED) is 0.630. The minimum atomic E-state index is -3.60. The zero-order chi connectivity index (χ0) is 14.1. The molecule has 2 N–H and O–H groups in total. The van der Waals surface area contributed by atoms with Gasteiger partial charge >= 0.3 is 0 Å². The van der Waals surface area contributed by atoms with Crippen molar-refractivity contribution in [2.24, 2.45) is 0 Å². The van der Waals surface area contributed by atoms with Gasteiger partial charge in [-0.15, -0.1) is 0 Å². The first-order chi connectivity index (χ1) is 9.10. The normalized spacial score (nSPS) is 11.2. The fourth-order valence-corrected chi connectivity index (χ4v) is 2.25. The van der Waals surface area contributed by atoms with Crippen LogP contribution in [0.1, 0.15) is 12.1 Å². The van der Waals surface area contributed by atoms with E-state index >= 15 is 0 Å². The fraction of sp³-hybridized carbons (Fsp3) is 0.455. The van der Waals surface area contributed by atoms with Gasteiger partial charge in [0.15, 0.2) is 0 Å². The molecule has 104 valence electrons. The van der Waals surface area contributed by atoms with E-state index in [1.807, 2.05) is 6.07 Å². The van der Waals surface area contributed by atoms with E-state index in [2.05, 4.69) is 9.71 Å². The number of aromatic nitrogens is 1. The van der Waals surface area contributed by atoms with Crippen molar-refractivity contribution in [2.45, 2.75) is 11.3 Å². The molecule has 0 aliphatic heterocycles. The first kappa shape index (κ1) is 15.5. The van der Waals surface area contributed by atoms with Gasteiger partial charge in [0, 0.05) is 19.3 Å². The maximum absolute atomic E-state index is 11.8. The minimum Gasteiger partial charge on any atom is -0.394 e. The number of aliphatic hydroxyl groups excluding tert-OH is 1. The Kier molecular flexibility index (Phi) is 6.38. The summed E-state index contributed by atoms with van der Waals surface area (Å²) in [5.41, 5.74) is 0.163. The van der Waals surface area contributed by atoms with Gasteiger partial charge in [-0.05, 0) is 18.6 Å². The Morgan fingerprint density at radius 1 is 1.42 bits per heavy atom. The van der Waals surface area contributed by atoms with E-state index in [0.29, 0.717) is 13.0 Å². The molecule has 0 aliphatic carbocycles. The van der Waals surface area contributed by atoms with Crippen molar-refractivity contribution in [2.75, 3.05) is 26.4 Å². The number of nitrogens with zero attached hydrogens (tertiary/aromatic N) is 2. The van der Waals surface area contributed by atoms with E-state index in [1.165, 1.54) is 12.1 Å². The van der Waals surface area contributed by atoms with E-state index in [1.54, 1.807) is 0 Å². The van der Waals surface area contributed by atoms with Crippen LogP contribution in [0.15, 0.2) is 23.2 Å². The number of sulfonamides is 1. The molecule has 8 heteroatoms. The van der Waals surface area contributed by atoms with Crippen LogP contribution in [-0.4, -0.2) is 44.9 Å². The first-order valence-corrected chi connectivity index (χ1v) is 7.13. The minimum absolute atomic E-state index is 0.0165. The van der Waals surface area contributed by atoms with Crippen molar-refractivity contribution in [1.29, 1.82) is 5.26 Å². The van der Waals surface area contributed by atoms with Crippen molar-refractivity contribution in [3.05, 3.63) is 24.0 Å². The van der Waals surface area contributed by atoms with Gasteiger partial charge in [-0.3, -0.25) is 0 Å². The third-order valence-corrected chi connectivity index (χ3v) is 3.60. The molecular weight excluding hydrogens is 270 g/mol. The molecule has 0 radical (unpaired) electrons. The van der Waals surface area contributed by atoms with Gasteiger partial charge in [-0.1, -0.05) is 0 Å². The Bertz CT molecular complexity index is 522. The molecule has 0 unspecified atom stereocenters. The fourth-order valence-electron chi connectivity index (χ4n) is 1.24. The van der Waals surface area contributed by atoms with Crippen LogP contribution >= 0.6 is 0 Å². The number of nitrogens with one attached hydrogen (secondary N) is 1. The number of hydrogen-bond acceptors (Lipinski definition) is 6. The molecule has 0 aliphatic rings. The lowest BCUT2D eigenvalue weighted by Crippen LogP contribution is -2.25. The molecule has 0 saturated heterocycles. The number of nitriles is 1. The lowest BCUT2D eigenvalue weighted by atomic mass is 10.4. The molecule has 0 aromatic carbocycles. The van der Waals surface area contributed by atoms with E-state index < -0.39 is 10.0 Å². The van der Waals surface area contributed by atoms with Crippen molar-refractivity contribution in [3.63, 3.8) is 0 Å². The molecule has 1 heterocycles. The maximum atomic E-state index is 11.8. The van der Waals surface area contributed by atoms with E-state index in [4.69, 9.17) is 15.1 Å². The highest BCUT2D eigenvalue weighted by molar-refractivity contribution is 7.89. The Morgan fingerprint density at radius 3 is 2.79 bits per heavy atom. The number of hydrogen-bond donors (Lipinski definition) is 2. The number of aliphatic hydroxyl groups is 1. The maximum Gasteiger partial charge on any atom is 0.242 e. The lowest BCUT2D eigenvalue weighted by molar-refractivity contribution is 0.0913. The van der Waals surface area contributed by atoms with Crippen LogP contribution in [0, 0.1) is 11.3 Å². The second kappa shape index (κ2) is 7.81. The summed E-state index contributed by atoms with van der Waals surface area (Å²) in [5, 5.41) is 17.0. The second-order valence-electron chi connectivity index (χ2n) is 3.58. The van der Waals surface area contributed by atoms with Gasteiger partial charge in [0.05, 0.1) is 13.2 Å². The molecular formula is C11H15N3O4S. The first-order valence-electron chi connectivity index (χ1n) is 5.64. The third-order valence-electron chi connectivity index (χ3n) is 2.15. The second-order valence-corrected chi connectivity index (χ2v) is 5.35. The predicted octanol–water partition coefficient (Wildman–Crippen LogP) is -0.369. The summed E-state index contributed by atoms with van der Waals surface area (Å²) in [6.07, 6.45) is 1.64. The topological polar surface area (TPSA) is 112 Å². The molecule has 0 amide bonds. The van der Waals surface area contributed by atoms with Crippen molar-refractivity contribution in [1.82, 2.24) is 9.71 Å². The molecule has 0 bridgehead atoms. The molecule has 7 nitrogen and oxygen atoms in total. The summed E-state index contributed by atoms with van der Waals surface area (Å²) < 4.78 is 31.0. The Morgan fingerprint density at radius 2 is 2.21 bits per heavy atom. The monoisotopic (exact) mass is 285 g/mol. The summed E-state index contributed by atoms with van der Waals surface area (Å²) in [4.78, 5) is 3.72. The largest absolute Gasteiger partial charge is 0.394 e. The van der Waals surface area contributed by atoms with Gasteiger partial charge in [-0.2, -0.15) is 5.26 Å². The Hall–Kier alpha value is -1.53. The van der Waals surface area contributed by atoms with Crippen LogP contribution in [0.5, 0.6) is 0 Å². The molecule has 0 fully saturated rings. The zero-order valence-electron chi connectivity index (χ0n) is 10.2. The third kappa shape index (κ3) is 5.32. The van der Waals surface area contributed by atoms with Crippen LogP contribution in [-0.2, 0) is 14.8 Å². The highest BCUT2D eigenvalue weighted by atomic mass is 32.2. The molecule has 1 aromatic heterocycles. The summed E-state index contributed by atoms with van der Waals surface area (Å²) in [6.45, 7) is 0.789. The van der Waals surface area contributed by atoms with Crippen LogP contribution in [0.3, 0.4) is 0 Å². The summed E-state index contributed by atoms with van der Waals surface area (Å²) in [7, 11) is -3.60. The summed E-state index contributed by atoms with van der Waals surface area (Å²) in [5.74, 6) is 0. The van der Waals surface area contributed by atoms with E-state index in [-0.39, 0.29) is 30.3 Å². The Balaban J connectivity index is 2.45. The summed E-state index contributed by atoms with van der Waals surface area (Å²) >= 11 is 0. The van der Waals surface area contributed by atoms with Gasteiger partial charge in [-0.25, -0.2) is 18.1 Å². The summed E-state index contributed by atoms with van der Waals surface area (Å²) in [6, 6.07) is 4.49. The van der Waals surface area contributed by atoms with Crippen molar-refractivity contribution < 1.29 is 18.3 Å². The van der Waals surface area contributed by atoms with Crippen molar-refractivity contribution >= 4 is 10.0 Å². The van der Waals surface area contributed by atoms with Gasteiger partial charge in [0.2, 0.25) is 10.0 Å². The van der Waals surface area contributed by atoms with Gasteiger partial charge in [0.1, 0.15) is 16.7 Å². The average Bonchev–Trinajstić information content (AvgIpc) is 2.43. The number of rotatable bonds is 8. The van der Waals surface area contributed by atoms with Crippen LogP contribution in [0.25, 0.3) is 0 Å². The lowest BCUT2D eigenvalue weighted by Gasteiger charge is -2.06. The predicted molar refractivity (Wildman–Crippen MR) is 66.7 cm³/mol. The average molecular weight is 285 g/mol. The highest BCUT2D eigenvalue weighted by Gasteiger charge is 2.13. The molecule has 0 saturated carbocycles. The number of pyridine rings is 1. The number of ether oxygens (including phenoxy) is 1. The van der Waals surface area contributed by atoms with Crippen molar-refractivity contribution in [3.8, 4) is 6.07 Å². The molecule has 19 heavy (non-hydrogen) atoms. The van der Waals surface area contributed by atoms with E-state index in [0.717, 1.165) is 6.20 Å². The smallest absolute Gasteiger partial charge is 0.242 e. The van der Waals surface area contributed by atoms with Crippen LogP contribution in [0.4, 0.5) is 0 Å². The van der Waals surface area contributed by atoms with Gasteiger partial charge < -0.3 is 9.84 Å². The highest BCUT2D eigenvalue weighted by Crippen LogP contribution is 2.07. The zero-order valence-corrected chi connectivity index (χ0v) is 11.1. The SMILES string of the molecule is N#Cc1ccc(S(=O)(=O)NCCCOCCO)cn1. The molecule has 0 atom stereocenters. The van der Waals surface area contributed by atoms with Crippen LogP contribution < -0.4 is 4.72 Å². The molecule has 0 spiro atoms. The van der Waals surface area contributed by atoms with E-state index in [9.17, 15) is 8.42 Å².